The molecule has 0 aromatic carbocycles. The minimum atomic E-state index is -0.953. The summed E-state index contributed by atoms with van der Waals surface area (Å²) in [5, 5.41) is 0.113. The number of carbonyl (C=O) groups excluding carboxylic acids is 1. The third-order valence-electron chi connectivity index (χ3n) is 2.87. The molecule has 1 rings (SSSR count). The Bertz CT molecular complexity index is 217. The molecule has 1 atom stereocenters. The molecule has 2 nitrogen and oxygen atoms in total. The van der Waals surface area contributed by atoms with E-state index in [0.29, 0.717) is 0 Å². The van der Waals surface area contributed by atoms with Crippen LogP contribution >= 0.6 is 0 Å². The zero-order chi connectivity index (χ0) is 10.6. The minimum absolute atomic E-state index is 0.113. The van der Waals surface area contributed by atoms with Crippen LogP contribution in [0.3, 0.4) is 0 Å². The molecule has 14 heavy (non-hydrogen) atoms. The van der Waals surface area contributed by atoms with E-state index in [4.69, 9.17) is 0 Å². The van der Waals surface area contributed by atoms with E-state index in [1.807, 2.05) is 13.8 Å². The maximum Gasteiger partial charge on any atom is 0.148 e. The van der Waals surface area contributed by atoms with Crippen LogP contribution in [0.2, 0.25) is 0 Å². The highest BCUT2D eigenvalue weighted by molar-refractivity contribution is 7.86. The molecule has 0 radical (unpaired) electrons. The highest BCUT2D eigenvalue weighted by Crippen LogP contribution is 2.24. The van der Waals surface area contributed by atoms with Gasteiger partial charge in [0.2, 0.25) is 0 Å². The van der Waals surface area contributed by atoms with Crippen molar-refractivity contribution in [3.63, 3.8) is 0 Å². The van der Waals surface area contributed by atoms with Gasteiger partial charge in [-0.2, -0.15) is 0 Å². The van der Waals surface area contributed by atoms with Gasteiger partial charge in [0.1, 0.15) is 5.78 Å². The van der Waals surface area contributed by atoms with Crippen molar-refractivity contribution in [2.24, 2.45) is 5.92 Å². The largest absolute Gasteiger partial charge is 0.298 e. The maximum atomic E-state index is 11.7. The predicted molar refractivity (Wildman–Crippen MR) is 59.7 cm³/mol. The summed E-state index contributed by atoms with van der Waals surface area (Å²) >= 11 is 0. The zero-order valence-electron chi connectivity index (χ0n) is 9.12. The summed E-state index contributed by atoms with van der Waals surface area (Å²) in [6.45, 7) is 3.81. The monoisotopic (exact) mass is 216 g/mol. The van der Waals surface area contributed by atoms with Gasteiger partial charge in [0.15, 0.2) is 0 Å². The number of ketones is 1. The topological polar surface area (TPSA) is 34.1 Å². The summed E-state index contributed by atoms with van der Waals surface area (Å²) in [4.78, 5) is 11.7. The fraction of sp³-hybridized carbons (Fsp3) is 0.909. The SMILES string of the molecule is CC(C)S(=O)CC(=O)C1CCCCC1. The van der Waals surface area contributed by atoms with E-state index in [0.717, 1.165) is 12.8 Å². The fourth-order valence-corrected chi connectivity index (χ4v) is 2.70. The Morgan fingerprint density at radius 1 is 1.29 bits per heavy atom. The van der Waals surface area contributed by atoms with E-state index < -0.39 is 10.8 Å². The van der Waals surface area contributed by atoms with Crippen molar-refractivity contribution < 1.29 is 9.00 Å². The van der Waals surface area contributed by atoms with Gasteiger partial charge in [0.25, 0.3) is 0 Å². The van der Waals surface area contributed by atoms with E-state index in [1.165, 1.54) is 19.3 Å². The molecule has 0 aromatic heterocycles. The second-order valence-corrected chi connectivity index (χ2v) is 6.37. The number of hydrogen-bond acceptors (Lipinski definition) is 2. The summed E-state index contributed by atoms with van der Waals surface area (Å²) in [5.41, 5.74) is 0. The summed E-state index contributed by atoms with van der Waals surface area (Å²) in [5.74, 6) is 0.727. The van der Waals surface area contributed by atoms with E-state index in [-0.39, 0.29) is 22.7 Å². The minimum Gasteiger partial charge on any atom is -0.298 e. The molecule has 0 aromatic rings. The highest BCUT2D eigenvalue weighted by Gasteiger charge is 2.23. The molecule has 1 aliphatic carbocycles. The lowest BCUT2D eigenvalue weighted by Gasteiger charge is -2.20. The number of Topliss-reactive ketones (excluding diaryl/α,β-unsaturated/α-hetero) is 1. The first-order valence-corrected chi connectivity index (χ1v) is 6.89. The quantitative estimate of drug-likeness (QED) is 0.722. The molecule has 0 saturated heterocycles. The first-order valence-electron chi connectivity index (χ1n) is 5.51. The molecule has 1 unspecified atom stereocenters. The Kier molecular flexibility index (Phi) is 4.79. The average Bonchev–Trinajstić information content (AvgIpc) is 2.19. The molecule has 82 valence electrons. The normalized spacial score (nSPS) is 21.1. The van der Waals surface area contributed by atoms with Gasteiger partial charge >= 0.3 is 0 Å². The summed E-state index contributed by atoms with van der Waals surface area (Å²) in [6.07, 6.45) is 5.65. The van der Waals surface area contributed by atoms with Gasteiger partial charge in [-0.1, -0.05) is 33.1 Å². The molecule has 1 fully saturated rings. The smallest absolute Gasteiger partial charge is 0.148 e. The summed E-state index contributed by atoms with van der Waals surface area (Å²) in [7, 11) is -0.953. The molecule has 0 bridgehead atoms. The Morgan fingerprint density at radius 3 is 2.36 bits per heavy atom. The molecule has 0 N–H and O–H groups in total. The summed E-state index contributed by atoms with van der Waals surface area (Å²) in [6, 6.07) is 0. The Morgan fingerprint density at radius 2 is 1.86 bits per heavy atom. The number of rotatable bonds is 4. The van der Waals surface area contributed by atoms with Crippen LogP contribution in [-0.2, 0) is 15.6 Å². The van der Waals surface area contributed by atoms with Gasteiger partial charge in [0, 0.05) is 22.0 Å². The third kappa shape index (κ3) is 3.52. The number of carbonyl (C=O) groups is 1. The molecular weight excluding hydrogens is 196 g/mol. The van der Waals surface area contributed by atoms with Crippen molar-refractivity contribution in [2.45, 2.75) is 51.2 Å². The molecular formula is C11H20O2S. The predicted octanol–water partition coefficient (Wildman–Crippen LogP) is 2.29. The van der Waals surface area contributed by atoms with Crippen molar-refractivity contribution >= 4 is 16.6 Å². The van der Waals surface area contributed by atoms with Gasteiger partial charge in [-0.25, -0.2) is 0 Å². The van der Waals surface area contributed by atoms with E-state index in [9.17, 15) is 9.00 Å². The lowest BCUT2D eigenvalue weighted by Crippen LogP contribution is -2.25. The van der Waals surface area contributed by atoms with Crippen LogP contribution in [-0.4, -0.2) is 21.0 Å². The molecule has 0 heterocycles. The van der Waals surface area contributed by atoms with Crippen LogP contribution in [0.25, 0.3) is 0 Å². The van der Waals surface area contributed by atoms with Crippen LogP contribution in [0.15, 0.2) is 0 Å². The van der Waals surface area contributed by atoms with Gasteiger partial charge in [-0.05, 0) is 12.8 Å². The van der Waals surface area contributed by atoms with Crippen LogP contribution in [0.4, 0.5) is 0 Å². The van der Waals surface area contributed by atoms with Crippen molar-refractivity contribution in [1.82, 2.24) is 0 Å². The molecule has 0 spiro atoms. The van der Waals surface area contributed by atoms with Crippen molar-refractivity contribution in [1.29, 1.82) is 0 Å². The Hall–Kier alpha value is -0.180. The zero-order valence-corrected chi connectivity index (χ0v) is 9.94. The van der Waals surface area contributed by atoms with Gasteiger partial charge in [0.05, 0.1) is 5.75 Å². The van der Waals surface area contributed by atoms with Gasteiger partial charge in [-0.3, -0.25) is 9.00 Å². The lowest BCUT2D eigenvalue weighted by molar-refractivity contribution is -0.121. The molecule has 0 amide bonds. The Balaban J connectivity index is 2.37. The molecule has 1 aliphatic rings. The van der Waals surface area contributed by atoms with E-state index in [2.05, 4.69) is 0 Å². The van der Waals surface area contributed by atoms with E-state index >= 15 is 0 Å². The van der Waals surface area contributed by atoms with Crippen LogP contribution in [0, 0.1) is 5.92 Å². The second-order valence-electron chi connectivity index (χ2n) is 4.38. The third-order valence-corrected chi connectivity index (χ3v) is 4.49. The number of hydrogen-bond donors (Lipinski definition) is 0. The van der Waals surface area contributed by atoms with Crippen LogP contribution < -0.4 is 0 Å². The van der Waals surface area contributed by atoms with Crippen molar-refractivity contribution in [3.05, 3.63) is 0 Å². The van der Waals surface area contributed by atoms with Gasteiger partial charge < -0.3 is 0 Å². The first kappa shape index (κ1) is 11.9. The average molecular weight is 216 g/mol. The van der Waals surface area contributed by atoms with E-state index in [1.54, 1.807) is 0 Å². The molecule has 0 aliphatic heterocycles. The van der Waals surface area contributed by atoms with Crippen molar-refractivity contribution in [3.8, 4) is 0 Å². The van der Waals surface area contributed by atoms with Crippen LogP contribution in [0.5, 0.6) is 0 Å². The first-order chi connectivity index (χ1) is 6.61. The fourth-order valence-electron chi connectivity index (χ4n) is 1.85. The Labute approximate surface area is 88.9 Å². The van der Waals surface area contributed by atoms with Gasteiger partial charge in [-0.15, -0.1) is 0 Å². The van der Waals surface area contributed by atoms with Crippen LogP contribution in [0.1, 0.15) is 46.0 Å². The summed E-state index contributed by atoms with van der Waals surface area (Å²) < 4.78 is 11.5. The van der Waals surface area contributed by atoms with Crippen molar-refractivity contribution in [2.75, 3.05) is 5.75 Å². The standard InChI is InChI=1S/C11H20O2S/c1-9(2)14(13)8-11(12)10-6-4-3-5-7-10/h9-10H,3-8H2,1-2H3. The maximum absolute atomic E-state index is 11.7. The second kappa shape index (κ2) is 5.64. The molecule has 1 saturated carbocycles. The molecule has 3 heteroatoms. The lowest BCUT2D eigenvalue weighted by atomic mass is 9.87. The highest BCUT2D eigenvalue weighted by atomic mass is 32.2.